The molecule has 1 aliphatic heterocycles. The first-order chi connectivity index (χ1) is 47.5. The number of hydrogen-bond acceptors (Lipinski definition) is 19. The number of ether oxygens (including phenoxy) is 2. The molecule has 8 atom stereocenters. The molecule has 1 aliphatic rings. The fourth-order valence-electron chi connectivity index (χ4n) is 10.7. The number of aromatic nitrogens is 1. The average Bonchev–Trinajstić information content (AvgIpc) is 1.76. The number of anilines is 2. The molecule has 31 heteroatoms. The predicted octanol–water partition coefficient (Wildman–Crippen LogP) is 5.79. The Morgan fingerprint density at radius 2 is 1.38 bits per heavy atom. The Morgan fingerprint density at radius 3 is 1.98 bits per heavy atom. The summed E-state index contributed by atoms with van der Waals surface area (Å²) in [5.41, 5.74) is 5.69. The van der Waals surface area contributed by atoms with Crippen molar-refractivity contribution in [2.24, 2.45) is 29.4 Å². The molecule has 0 bridgehead atoms. The lowest BCUT2D eigenvalue weighted by atomic mass is 9.92. The van der Waals surface area contributed by atoms with E-state index in [2.05, 4.69) is 47.5 Å². The summed E-state index contributed by atoms with van der Waals surface area (Å²) in [6, 6.07) is 5.65. The number of phenols is 1. The third-order valence-corrected chi connectivity index (χ3v) is 18.5. The van der Waals surface area contributed by atoms with Crippen molar-refractivity contribution in [1.29, 1.82) is 0 Å². The summed E-state index contributed by atoms with van der Waals surface area (Å²) in [7, 11) is 5.20. The molecule has 2 aromatic carbocycles. The smallest absolute Gasteiger partial charge is 0.407 e. The van der Waals surface area contributed by atoms with Gasteiger partial charge >= 0.3 is 24.1 Å². The van der Waals surface area contributed by atoms with Gasteiger partial charge in [-0.15, -0.1) is 11.3 Å². The van der Waals surface area contributed by atoms with E-state index in [-0.39, 0.29) is 141 Å². The van der Waals surface area contributed by atoms with Crippen molar-refractivity contribution in [2.45, 2.75) is 195 Å². The SMILES string of the molecule is CC[C@H](C)[C@H](NC(=O)C(C)(C)N(C)C)C(=O)N(C)[C@H](C[C@@H](OC(C)=O)c1nc(C(=O)N[C@@H](Cc2ccc(O)c(NC(=O)CCCNC(=O)OCc3ccc(NC(=O)[C@H](CCCNC(N)=O)NC(=O)[C@@H](NC(=O)CCCCCN4C(=O)C=CC4=O)C(C)C)cc3)c2)C[C@H](C)C(=O)O)cs1)C(C)C. The molecule has 3 aromatic rings. The average molecular weight is 1430 g/mol. The number of carbonyl (C=O) groups is 13. The van der Waals surface area contributed by atoms with Crippen LogP contribution in [0.2, 0.25) is 0 Å². The largest absolute Gasteiger partial charge is 0.506 e. The van der Waals surface area contributed by atoms with Gasteiger partial charge in [0.2, 0.25) is 35.4 Å². The van der Waals surface area contributed by atoms with Crippen LogP contribution in [0.15, 0.2) is 60.0 Å². The number of likely N-dealkylation sites (N-methyl/N-ethyl adjacent to an activating group) is 2. The highest BCUT2D eigenvalue weighted by Gasteiger charge is 2.39. The molecule has 1 aromatic heterocycles. The second-order valence-electron chi connectivity index (χ2n) is 26.8. The van der Waals surface area contributed by atoms with Crippen LogP contribution >= 0.6 is 11.3 Å². The number of nitrogens with two attached hydrogens (primary N) is 1. The van der Waals surface area contributed by atoms with Crippen molar-refractivity contribution < 1.29 is 82.0 Å². The number of carboxylic acid groups (broad SMARTS) is 1. The summed E-state index contributed by atoms with van der Waals surface area (Å²) in [6.07, 6.45) is 3.33. The van der Waals surface area contributed by atoms with Crippen LogP contribution in [0.4, 0.5) is 21.0 Å². The molecule has 0 radical (unpaired) electrons. The summed E-state index contributed by atoms with van der Waals surface area (Å²) in [5.74, 6) is -7.86. The fourth-order valence-corrected chi connectivity index (χ4v) is 11.5. The number of primary amides is 1. The highest BCUT2D eigenvalue weighted by molar-refractivity contribution is 7.09. The van der Waals surface area contributed by atoms with Crippen LogP contribution in [0.5, 0.6) is 5.75 Å². The van der Waals surface area contributed by atoms with Crippen molar-refractivity contribution in [2.75, 3.05) is 51.4 Å². The molecule has 4 rings (SSSR count). The quantitative estimate of drug-likeness (QED) is 0.0138. The molecule has 12 N–H and O–H groups in total. The zero-order valence-electron chi connectivity index (χ0n) is 60.2. The number of alkyl carbamates (subject to hydrolysis) is 1. The number of amides is 12. The van der Waals surface area contributed by atoms with Gasteiger partial charge in [0.25, 0.3) is 17.7 Å². The Labute approximate surface area is 594 Å². The first-order valence-electron chi connectivity index (χ1n) is 34.0. The summed E-state index contributed by atoms with van der Waals surface area (Å²) in [5, 5.41) is 44.2. The minimum Gasteiger partial charge on any atom is -0.506 e. The molecule has 101 heavy (non-hydrogen) atoms. The summed E-state index contributed by atoms with van der Waals surface area (Å²) < 4.78 is 11.2. The van der Waals surface area contributed by atoms with E-state index in [1.54, 1.807) is 89.0 Å². The maximum absolute atomic E-state index is 14.4. The van der Waals surface area contributed by atoms with Gasteiger partial charge in [0, 0.05) is 88.2 Å². The topological polar surface area (TPSA) is 426 Å². The third kappa shape index (κ3) is 27.5. The number of carbonyl (C=O) groups excluding carboxylic acids is 12. The number of urea groups is 1. The number of nitrogens with one attached hydrogen (secondary N) is 8. The number of esters is 1. The van der Waals surface area contributed by atoms with E-state index in [4.69, 9.17) is 15.2 Å². The Hall–Kier alpha value is -9.52. The Bertz CT molecular complexity index is 3390. The van der Waals surface area contributed by atoms with Crippen LogP contribution in [-0.4, -0.2) is 184 Å². The number of hydrogen-bond donors (Lipinski definition) is 11. The minimum absolute atomic E-state index is 0.0270. The van der Waals surface area contributed by atoms with Crippen molar-refractivity contribution in [3.63, 3.8) is 0 Å². The lowest BCUT2D eigenvalue weighted by Gasteiger charge is -2.38. The predicted molar refractivity (Wildman–Crippen MR) is 377 cm³/mol. The van der Waals surface area contributed by atoms with Gasteiger partial charge in [0.1, 0.15) is 41.2 Å². The molecule has 0 unspecified atom stereocenters. The summed E-state index contributed by atoms with van der Waals surface area (Å²) in [6.45, 7) is 17.6. The van der Waals surface area contributed by atoms with Crippen LogP contribution in [0, 0.1) is 23.7 Å². The van der Waals surface area contributed by atoms with E-state index in [0.29, 0.717) is 42.5 Å². The Morgan fingerprint density at radius 1 is 0.733 bits per heavy atom. The number of aliphatic carboxylic acids is 1. The van der Waals surface area contributed by atoms with Crippen molar-refractivity contribution in [3.05, 3.63) is 81.8 Å². The summed E-state index contributed by atoms with van der Waals surface area (Å²) in [4.78, 5) is 177. The Kier molecular flexibility index (Phi) is 33.8. The highest BCUT2D eigenvalue weighted by atomic mass is 32.1. The van der Waals surface area contributed by atoms with Crippen LogP contribution in [0.1, 0.15) is 173 Å². The lowest BCUT2D eigenvalue weighted by Crippen LogP contribution is -2.60. The number of phenolic OH excluding ortho intramolecular Hbond substituents is 1. The van der Waals surface area contributed by atoms with Gasteiger partial charge < -0.3 is 72.9 Å². The molecule has 0 saturated carbocycles. The van der Waals surface area contributed by atoms with Gasteiger partial charge in [-0.25, -0.2) is 14.6 Å². The maximum atomic E-state index is 14.4. The molecule has 2 heterocycles. The van der Waals surface area contributed by atoms with E-state index < -0.39 is 101 Å². The second kappa shape index (κ2) is 40.7. The molecular weight excluding hydrogens is 1330 g/mol. The second-order valence-corrected chi connectivity index (χ2v) is 27.6. The molecule has 12 amide bonds. The molecule has 0 saturated heterocycles. The van der Waals surface area contributed by atoms with Gasteiger partial charge in [-0.1, -0.05) is 79.5 Å². The monoisotopic (exact) mass is 1430 g/mol. The normalized spacial score (nSPS) is 14.5. The van der Waals surface area contributed by atoms with Gasteiger partial charge in [-0.05, 0) is 126 Å². The third-order valence-electron chi connectivity index (χ3n) is 17.6. The minimum atomic E-state index is -1.11. The van der Waals surface area contributed by atoms with Gasteiger partial charge in [-0.2, -0.15) is 0 Å². The number of rotatable bonds is 42. The summed E-state index contributed by atoms with van der Waals surface area (Å²) >= 11 is 1.07. The number of aromatic hydroxyl groups is 1. The van der Waals surface area contributed by atoms with Crippen LogP contribution in [-0.2, 0) is 70.4 Å². The zero-order chi connectivity index (χ0) is 75.4. The number of unbranched alkanes of at least 4 members (excludes halogenated alkanes) is 2. The molecule has 0 aliphatic carbocycles. The van der Waals surface area contributed by atoms with E-state index in [9.17, 15) is 72.5 Å². The Balaban J connectivity index is 1.31. The van der Waals surface area contributed by atoms with Crippen molar-refractivity contribution >= 4 is 99.9 Å². The maximum Gasteiger partial charge on any atom is 0.407 e. The van der Waals surface area contributed by atoms with Crippen molar-refractivity contribution in [1.82, 2.24) is 51.6 Å². The first-order valence-corrected chi connectivity index (χ1v) is 34.9. The van der Waals surface area contributed by atoms with Gasteiger partial charge in [-0.3, -0.25) is 62.5 Å². The molecular formula is C70H103N13O17S. The van der Waals surface area contributed by atoms with Gasteiger partial charge in [0.15, 0.2) is 6.10 Å². The van der Waals surface area contributed by atoms with Crippen LogP contribution in [0.25, 0.3) is 0 Å². The lowest BCUT2D eigenvalue weighted by molar-refractivity contribution is -0.149. The number of imide groups is 1. The fraction of sp³-hybridized carbons (Fsp3) is 0.571. The standard InChI is InChI=1S/C70H103N13O17S/c1-14-42(6)60(80-67(96)70(9,10)81(11)12)65(93)82(13)52(40(2)3)37-54(100-44(8)84)64-78-51(39-101-64)62(91)75-48(34-43(7)66(94)95)35-46-25-28-53(85)50(36-46)76-55(86)22-19-32-73-69(98)99-38-45-23-26-47(27-24-45)74-61(90)49(20-18-31-72-68(71)97)77-63(92)59(41(4)5)79-56(87)21-16-15-17-33-83-57(88)29-30-58(83)89/h23-30,36,39-43,48-49,52,54,59-60,85H,14-22,31-35,37-38H2,1-13H3,(H,73,98)(H,74,90)(H,75,91)(H,76,86)(H,77,92)(H,79,87)(H,80,96)(H,94,95)(H3,71,72,97)/t42-,43-,48+,49-,52+,54+,59-,60-/m0/s1. The van der Waals surface area contributed by atoms with E-state index in [0.717, 1.165) is 16.2 Å². The van der Waals surface area contributed by atoms with Crippen LogP contribution in [0.3, 0.4) is 0 Å². The van der Waals surface area contributed by atoms with E-state index >= 15 is 0 Å². The molecule has 556 valence electrons. The molecule has 30 nitrogen and oxygen atoms in total. The number of carboxylic acids is 1. The van der Waals surface area contributed by atoms with Gasteiger partial charge in [0.05, 0.1) is 17.1 Å². The number of thiazole rings is 1. The number of nitrogens with zero attached hydrogens (tertiary/aromatic N) is 4. The molecule has 0 spiro atoms. The number of benzene rings is 2. The van der Waals surface area contributed by atoms with E-state index in [1.165, 1.54) is 43.5 Å². The zero-order valence-corrected chi connectivity index (χ0v) is 61.0. The van der Waals surface area contributed by atoms with Crippen LogP contribution < -0.4 is 48.3 Å². The van der Waals surface area contributed by atoms with E-state index in [1.807, 2.05) is 27.7 Å². The first kappa shape index (κ1) is 83.9. The highest BCUT2D eigenvalue weighted by Crippen LogP contribution is 2.32. The molecule has 0 fully saturated rings. The van der Waals surface area contributed by atoms with Crippen molar-refractivity contribution in [3.8, 4) is 5.75 Å².